The summed E-state index contributed by atoms with van der Waals surface area (Å²) in [5, 5.41) is 0. The van der Waals surface area contributed by atoms with E-state index in [0.29, 0.717) is 5.92 Å². The molecule has 4 unspecified atom stereocenters. The van der Waals surface area contributed by atoms with Crippen molar-refractivity contribution in [2.45, 2.75) is 31.7 Å². The van der Waals surface area contributed by atoms with E-state index in [2.05, 4.69) is 5.43 Å². The molecular formula is C12H18N2O. The Hall–Kier alpha value is -0.800. The van der Waals surface area contributed by atoms with Crippen LogP contribution < -0.4 is 11.3 Å². The van der Waals surface area contributed by atoms with Crippen molar-refractivity contribution in [3.05, 3.63) is 24.2 Å². The van der Waals surface area contributed by atoms with Gasteiger partial charge >= 0.3 is 0 Å². The summed E-state index contributed by atoms with van der Waals surface area (Å²) in [6.45, 7) is 0. The van der Waals surface area contributed by atoms with E-state index in [-0.39, 0.29) is 6.04 Å². The van der Waals surface area contributed by atoms with Gasteiger partial charge in [-0.2, -0.15) is 0 Å². The molecule has 3 N–H and O–H groups in total. The van der Waals surface area contributed by atoms with Gasteiger partial charge in [0.1, 0.15) is 5.76 Å². The summed E-state index contributed by atoms with van der Waals surface area (Å²) in [6, 6.07) is 4.18. The number of rotatable bonds is 3. The van der Waals surface area contributed by atoms with E-state index < -0.39 is 0 Å². The average Bonchev–Trinajstić information content (AvgIpc) is 2.94. The van der Waals surface area contributed by atoms with Gasteiger partial charge < -0.3 is 4.42 Å². The molecule has 2 aliphatic carbocycles. The highest BCUT2D eigenvalue weighted by Crippen LogP contribution is 2.52. The van der Waals surface area contributed by atoms with Gasteiger partial charge in [-0.25, -0.2) is 5.43 Å². The molecule has 3 nitrogen and oxygen atoms in total. The zero-order valence-corrected chi connectivity index (χ0v) is 8.86. The first-order valence-corrected chi connectivity index (χ1v) is 5.88. The Balaban J connectivity index is 1.80. The molecule has 3 rings (SSSR count). The molecule has 2 fully saturated rings. The van der Waals surface area contributed by atoms with Gasteiger partial charge in [0.25, 0.3) is 0 Å². The third kappa shape index (κ3) is 1.50. The van der Waals surface area contributed by atoms with Crippen molar-refractivity contribution in [2.24, 2.45) is 23.6 Å². The van der Waals surface area contributed by atoms with Crippen LogP contribution in [0.5, 0.6) is 0 Å². The number of hydrogen-bond donors (Lipinski definition) is 2. The van der Waals surface area contributed by atoms with Gasteiger partial charge in [-0.3, -0.25) is 5.84 Å². The SMILES string of the molecule is NNC(c1ccco1)C1CC2CCC1C2. The smallest absolute Gasteiger partial charge is 0.122 e. The van der Waals surface area contributed by atoms with E-state index >= 15 is 0 Å². The summed E-state index contributed by atoms with van der Waals surface area (Å²) in [7, 11) is 0. The molecule has 1 heterocycles. The van der Waals surface area contributed by atoms with E-state index in [4.69, 9.17) is 10.3 Å². The first-order valence-electron chi connectivity index (χ1n) is 5.88. The van der Waals surface area contributed by atoms with Crippen molar-refractivity contribution >= 4 is 0 Å². The Bertz CT molecular complexity index is 322. The molecule has 2 aliphatic rings. The van der Waals surface area contributed by atoms with Crippen LogP contribution in [0.2, 0.25) is 0 Å². The van der Waals surface area contributed by atoms with E-state index in [1.54, 1.807) is 6.26 Å². The molecule has 0 spiro atoms. The Kier molecular flexibility index (Phi) is 2.29. The number of hydrogen-bond acceptors (Lipinski definition) is 3. The monoisotopic (exact) mass is 206 g/mol. The lowest BCUT2D eigenvalue weighted by Crippen LogP contribution is -2.35. The molecule has 0 saturated heterocycles. The molecule has 0 radical (unpaired) electrons. The molecule has 1 aromatic rings. The topological polar surface area (TPSA) is 51.2 Å². The second-order valence-electron chi connectivity index (χ2n) is 5.00. The third-order valence-electron chi connectivity index (χ3n) is 4.25. The fraction of sp³-hybridized carbons (Fsp3) is 0.667. The van der Waals surface area contributed by atoms with Crippen LogP contribution in [0, 0.1) is 17.8 Å². The number of furan rings is 1. The highest BCUT2D eigenvalue weighted by atomic mass is 16.3. The van der Waals surface area contributed by atoms with Gasteiger partial charge in [0.15, 0.2) is 0 Å². The second-order valence-corrected chi connectivity index (χ2v) is 5.00. The molecule has 15 heavy (non-hydrogen) atoms. The van der Waals surface area contributed by atoms with Crippen LogP contribution in [0.15, 0.2) is 22.8 Å². The molecule has 3 heteroatoms. The molecule has 0 amide bonds. The maximum Gasteiger partial charge on any atom is 0.122 e. The van der Waals surface area contributed by atoms with E-state index in [1.165, 1.54) is 25.7 Å². The van der Waals surface area contributed by atoms with Crippen LogP contribution in [0.3, 0.4) is 0 Å². The molecule has 1 aromatic heterocycles. The molecular weight excluding hydrogens is 188 g/mol. The Morgan fingerprint density at radius 3 is 2.87 bits per heavy atom. The van der Waals surface area contributed by atoms with Crippen LogP contribution in [0.4, 0.5) is 0 Å². The van der Waals surface area contributed by atoms with Gasteiger partial charge in [0.2, 0.25) is 0 Å². The minimum absolute atomic E-state index is 0.218. The fourth-order valence-electron chi connectivity index (χ4n) is 3.59. The quantitative estimate of drug-likeness (QED) is 0.589. The summed E-state index contributed by atoms with van der Waals surface area (Å²) in [6.07, 6.45) is 7.27. The molecule has 4 atom stereocenters. The molecule has 0 aromatic carbocycles. The third-order valence-corrected chi connectivity index (χ3v) is 4.25. The lowest BCUT2D eigenvalue weighted by molar-refractivity contribution is 0.227. The van der Waals surface area contributed by atoms with E-state index in [0.717, 1.165) is 17.6 Å². The van der Waals surface area contributed by atoms with Gasteiger partial charge in [0, 0.05) is 0 Å². The Morgan fingerprint density at radius 1 is 1.40 bits per heavy atom. The van der Waals surface area contributed by atoms with Crippen molar-refractivity contribution in [1.82, 2.24) is 5.43 Å². The van der Waals surface area contributed by atoms with Crippen LogP contribution in [0.1, 0.15) is 37.5 Å². The van der Waals surface area contributed by atoms with Crippen LogP contribution in [0.25, 0.3) is 0 Å². The van der Waals surface area contributed by atoms with Crippen molar-refractivity contribution in [1.29, 1.82) is 0 Å². The van der Waals surface area contributed by atoms with Gasteiger partial charge in [-0.1, -0.05) is 6.42 Å². The zero-order valence-electron chi connectivity index (χ0n) is 8.86. The summed E-state index contributed by atoms with van der Waals surface area (Å²) in [5.74, 6) is 9.15. The normalized spacial score (nSPS) is 35.9. The van der Waals surface area contributed by atoms with Crippen LogP contribution in [-0.2, 0) is 0 Å². The summed E-state index contributed by atoms with van der Waals surface area (Å²) in [5.41, 5.74) is 2.94. The predicted octanol–water partition coefficient (Wildman–Crippen LogP) is 2.22. The molecule has 0 aliphatic heterocycles. The van der Waals surface area contributed by atoms with Crippen molar-refractivity contribution in [2.75, 3.05) is 0 Å². The summed E-state index contributed by atoms with van der Waals surface area (Å²) in [4.78, 5) is 0. The number of hydrazine groups is 1. The van der Waals surface area contributed by atoms with E-state index in [9.17, 15) is 0 Å². The lowest BCUT2D eigenvalue weighted by atomic mass is 9.82. The Labute approximate surface area is 90.0 Å². The minimum Gasteiger partial charge on any atom is -0.468 e. The first kappa shape index (κ1) is 9.43. The molecule has 2 saturated carbocycles. The van der Waals surface area contributed by atoms with Crippen LogP contribution >= 0.6 is 0 Å². The minimum atomic E-state index is 0.218. The number of nitrogens with one attached hydrogen (secondary N) is 1. The number of fused-ring (bicyclic) bond motifs is 2. The average molecular weight is 206 g/mol. The summed E-state index contributed by atoms with van der Waals surface area (Å²) >= 11 is 0. The highest BCUT2D eigenvalue weighted by molar-refractivity contribution is 5.09. The van der Waals surface area contributed by atoms with Gasteiger partial charge in [0.05, 0.1) is 12.3 Å². The lowest BCUT2D eigenvalue weighted by Gasteiger charge is -2.28. The van der Waals surface area contributed by atoms with Gasteiger partial charge in [-0.15, -0.1) is 0 Å². The highest BCUT2D eigenvalue weighted by Gasteiger charge is 2.43. The largest absolute Gasteiger partial charge is 0.468 e. The standard InChI is InChI=1S/C12H18N2O/c13-14-12(11-2-1-5-15-11)10-7-8-3-4-9(10)6-8/h1-2,5,8-10,12,14H,3-4,6-7,13H2. The predicted molar refractivity (Wildman–Crippen MR) is 57.7 cm³/mol. The maximum atomic E-state index is 5.67. The summed E-state index contributed by atoms with van der Waals surface area (Å²) < 4.78 is 5.46. The van der Waals surface area contributed by atoms with Crippen molar-refractivity contribution < 1.29 is 4.42 Å². The van der Waals surface area contributed by atoms with Crippen molar-refractivity contribution in [3.8, 4) is 0 Å². The number of nitrogens with two attached hydrogens (primary N) is 1. The van der Waals surface area contributed by atoms with Gasteiger partial charge in [-0.05, 0) is 49.1 Å². The first-order chi connectivity index (χ1) is 7.38. The van der Waals surface area contributed by atoms with Crippen LogP contribution in [-0.4, -0.2) is 0 Å². The Morgan fingerprint density at radius 2 is 2.33 bits per heavy atom. The van der Waals surface area contributed by atoms with E-state index in [1.807, 2.05) is 12.1 Å². The fourth-order valence-corrected chi connectivity index (χ4v) is 3.59. The molecule has 82 valence electrons. The maximum absolute atomic E-state index is 5.67. The zero-order chi connectivity index (χ0) is 10.3. The van der Waals surface area contributed by atoms with Crippen molar-refractivity contribution in [3.63, 3.8) is 0 Å². The second kappa shape index (κ2) is 3.65. The molecule has 2 bridgehead atoms.